The Morgan fingerprint density at radius 3 is 2.83 bits per heavy atom. The number of para-hydroxylation sites is 1. The molecular formula is C14H18ClNO2. The zero-order valence-corrected chi connectivity index (χ0v) is 11.2. The zero-order chi connectivity index (χ0) is 13.2. The highest BCUT2D eigenvalue weighted by Gasteiger charge is 2.42. The number of carbonyl (C=O) groups is 1. The van der Waals surface area contributed by atoms with E-state index in [2.05, 4.69) is 12.2 Å². The molecule has 2 rings (SSSR count). The fourth-order valence-electron chi connectivity index (χ4n) is 2.73. The van der Waals surface area contributed by atoms with Gasteiger partial charge in [0, 0.05) is 0 Å². The van der Waals surface area contributed by atoms with Crippen molar-refractivity contribution in [1.82, 2.24) is 0 Å². The van der Waals surface area contributed by atoms with Crippen LogP contribution in [0.15, 0.2) is 24.3 Å². The summed E-state index contributed by atoms with van der Waals surface area (Å²) in [5, 5.41) is 13.3. The van der Waals surface area contributed by atoms with Crippen molar-refractivity contribution in [3.05, 3.63) is 29.3 Å². The van der Waals surface area contributed by atoms with Crippen molar-refractivity contribution >= 4 is 23.3 Å². The van der Waals surface area contributed by atoms with E-state index in [1.807, 2.05) is 18.2 Å². The highest BCUT2D eigenvalue weighted by molar-refractivity contribution is 6.33. The van der Waals surface area contributed by atoms with Gasteiger partial charge in [-0.05, 0) is 30.9 Å². The summed E-state index contributed by atoms with van der Waals surface area (Å²) in [4.78, 5) is 11.6. The summed E-state index contributed by atoms with van der Waals surface area (Å²) in [7, 11) is 0. The summed E-state index contributed by atoms with van der Waals surface area (Å²) in [6.07, 6.45) is 3.33. The third kappa shape index (κ3) is 2.61. The number of hydrogen-bond acceptors (Lipinski definition) is 2. The number of aliphatic carboxylic acids is 1. The smallest absolute Gasteiger partial charge is 0.329 e. The minimum atomic E-state index is -0.872. The average Bonchev–Trinajstić information content (AvgIpc) is 2.32. The number of hydrogen-bond donors (Lipinski definition) is 2. The van der Waals surface area contributed by atoms with Crippen LogP contribution in [0.1, 0.15) is 32.6 Å². The van der Waals surface area contributed by atoms with E-state index in [4.69, 9.17) is 11.6 Å². The molecule has 98 valence electrons. The van der Waals surface area contributed by atoms with Crippen LogP contribution in [0.25, 0.3) is 0 Å². The Kier molecular flexibility index (Phi) is 3.81. The number of nitrogens with one attached hydrogen (secondary N) is 1. The predicted molar refractivity (Wildman–Crippen MR) is 73.1 cm³/mol. The van der Waals surface area contributed by atoms with E-state index in [-0.39, 0.29) is 0 Å². The van der Waals surface area contributed by atoms with E-state index < -0.39 is 11.5 Å². The molecule has 2 atom stereocenters. The second kappa shape index (κ2) is 5.19. The van der Waals surface area contributed by atoms with Crippen molar-refractivity contribution in [3.63, 3.8) is 0 Å². The van der Waals surface area contributed by atoms with Gasteiger partial charge < -0.3 is 10.4 Å². The molecule has 1 aliphatic rings. The van der Waals surface area contributed by atoms with Gasteiger partial charge in [-0.1, -0.05) is 43.5 Å². The van der Waals surface area contributed by atoms with Gasteiger partial charge in [0.1, 0.15) is 5.54 Å². The Morgan fingerprint density at radius 1 is 1.50 bits per heavy atom. The Labute approximate surface area is 112 Å². The molecule has 0 saturated heterocycles. The lowest BCUT2D eigenvalue weighted by Crippen LogP contribution is -2.49. The van der Waals surface area contributed by atoms with Gasteiger partial charge in [-0.15, -0.1) is 0 Å². The number of anilines is 1. The average molecular weight is 268 g/mol. The normalized spacial score (nSPS) is 27.8. The molecule has 0 aromatic heterocycles. The fraction of sp³-hybridized carbons (Fsp3) is 0.500. The zero-order valence-electron chi connectivity index (χ0n) is 10.4. The number of halogens is 1. The Bertz CT molecular complexity index is 449. The van der Waals surface area contributed by atoms with E-state index in [0.29, 0.717) is 29.5 Å². The standard InChI is InChI=1S/C14H18ClNO2/c1-10-5-4-8-14(9-10,13(17)18)16-12-7-3-2-6-11(12)15/h2-3,6-7,10,16H,4-5,8-9H2,1H3,(H,17,18). The summed E-state index contributed by atoms with van der Waals surface area (Å²) in [5.74, 6) is -0.362. The molecular weight excluding hydrogens is 250 g/mol. The third-order valence-corrected chi connectivity index (χ3v) is 3.98. The molecule has 2 N–H and O–H groups in total. The van der Waals surface area contributed by atoms with Crippen LogP contribution in [-0.2, 0) is 4.79 Å². The van der Waals surface area contributed by atoms with Crippen molar-refractivity contribution < 1.29 is 9.90 Å². The van der Waals surface area contributed by atoms with E-state index in [1.165, 1.54) is 0 Å². The van der Waals surface area contributed by atoms with Gasteiger partial charge in [0.2, 0.25) is 0 Å². The molecule has 1 saturated carbocycles. The van der Waals surface area contributed by atoms with E-state index >= 15 is 0 Å². The lowest BCUT2D eigenvalue weighted by molar-refractivity contribution is -0.144. The molecule has 0 spiro atoms. The lowest BCUT2D eigenvalue weighted by Gasteiger charge is -2.38. The first-order valence-electron chi connectivity index (χ1n) is 6.30. The molecule has 1 aliphatic carbocycles. The van der Waals surface area contributed by atoms with Crippen molar-refractivity contribution in [2.24, 2.45) is 5.92 Å². The molecule has 4 heteroatoms. The molecule has 0 bridgehead atoms. The van der Waals surface area contributed by atoms with Gasteiger partial charge in [0.15, 0.2) is 0 Å². The summed E-state index contributed by atoms with van der Waals surface area (Å²) >= 11 is 6.09. The van der Waals surface area contributed by atoms with Gasteiger partial charge in [-0.2, -0.15) is 0 Å². The Hall–Kier alpha value is -1.22. The topological polar surface area (TPSA) is 49.3 Å². The molecule has 1 aromatic rings. The van der Waals surface area contributed by atoms with Crippen molar-refractivity contribution in [3.8, 4) is 0 Å². The molecule has 2 unspecified atom stereocenters. The first-order valence-corrected chi connectivity index (χ1v) is 6.67. The van der Waals surface area contributed by atoms with Crippen LogP contribution in [0.4, 0.5) is 5.69 Å². The van der Waals surface area contributed by atoms with Crippen LogP contribution >= 0.6 is 11.6 Å². The number of carboxylic acid groups (broad SMARTS) is 1. The van der Waals surface area contributed by atoms with Gasteiger partial charge in [-0.25, -0.2) is 4.79 Å². The number of carboxylic acids is 1. The summed E-state index contributed by atoms with van der Waals surface area (Å²) < 4.78 is 0. The second-order valence-corrected chi connectivity index (χ2v) is 5.60. The van der Waals surface area contributed by atoms with Crippen molar-refractivity contribution in [2.45, 2.75) is 38.1 Å². The van der Waals surface area contributed by atoms with E-state index in [1.54, 1.807) is 6.07 Å². The van der Waals surface area contributed by atoms with Gasteiger partial charge in [0.25, 0.3) is 0 Å². The lowest BCUT2D eigenvalue weighted by atomic mass is 9.76. The maximum absolute atomic E-state index is 11.6. The Morgan fingerprint density at radius 2 is 2.22 bits per heavy atom. The van der Waals surface area contributed by atoms with Crippen LogP contribution in [0.2, 0.25) is 5.02 Å². The first-order chi connectivity index (χ1) is 8.53. The SMILES string of the molecule is CC1CCCC(Nc2ccccc2Cl)(C(=O)O)C1. The second-order valence-electron chi connectivity index (χ2n) is 5.19. The van der Waals surface area contributed by atoms with Crippen molar-refractivity contribution in [1.29, 1.82) is 0 Å². The van der Waals surface area contributed by atoms with Gasteiger partial charge in [-0.3, -0.25) is 0 Å². The highest BCUT2D eigenvalue weighted by Crippen LogP contribution is 2.36. The minimum Gasteiger partial charge on any atom is -0.480 e. The molecule has 18 heavy (non-hydrogen) atoms. The van der Waals surface area contributed by atoms with E-state index in [9.17, 15) is 9.90 Å². The molecule has 0 radical (unpaired) electrons. The van der Waals surface area contributed by atoms with Crippen molar-refractivity contribution in [2.75, 3.05) is 5.32 Å². The van der Waals surface area contributed by atoms with E-state index in [0.717, 1.165) is 12.8 Å². The summed E-state index contributed by atoms with van der Waals surface area (Å²) in [6, 6.07) is 7.29. The van der Waals surface area contributed by atoms with Crippen LogP contribution in [-0.4, -0.2) is 16.6 Å². The predicted octanol–water partition coefficient (Wildman–Crippen LogP) is 3.79. The van der Waals surface area contributed by atoms with Crippen LogP contribution in [0.5, 0.6) is 0 Å². The van der Waals surface area contributed by atoms with Crippen LogP contribution in [0.3, 0.4) is 0 Å². The van der Waals surface area contributed by atoms with Crippen LogP contribution in [0, 0.1) is 5.92 Å². The largest absolute Gasteiger partial charge is 0.480 e. The van der Waals surface area contributed by atoms with Crippen LogP contribution < -0.4 is 5.32 Å². The monoisotopic (exact) mass is 267 g/mol. The minimum absolute atomic E-state index is 0.421. The summed E-state index contributed by atoms with van der Waals surface area (Å²) in [6.45, 7) is 2.10. The molecule has 1 aromatic carbocycles. The maximum atomic E-state index is 11.6. The number of benzene rings is 1. The molecule has 1 fully saturated rings. The Balaban J connectivity index is 2.26. The third-order valence-electron chi connectivity index (χ3n) is 3.65. The highest BCUT2D eigenvalue weighted by atomic mass is 35.5. The molecule has 0 heterocycles. The quantitative estimate of drug-likeness (QED) is 0.876. The molecule has 0 aliphatic heterocycles. The van der Waals surface area contributed by atoms with Gasteiger partial charge >= 0.3 is 5.97 Å². The first kappa shape index (κ1) is 13.2. The molecule has 0 amide bonds. The maximum Gasteiger partial charge on any atom is 0.329 e. The summed E-state index contributed by atoms with van der Waals surface area (Å²) in [5.41, 5.74) is -0.168. The number of rotatable bonds is 3. The fourth-order valence-corrected chi connectivity index (χ4v) is 2.92. The molecule has 3 nitrogen and oxygen atoms in total. The van der Waals surface area contributed by atoms with Gasteiger partial charge in [0.05, 0.1) is 10.7 Å².